The molecular weight excluding hydrogens is 762 g/mol. The van der Waals surface area contributed by atoms with E-state index in [4.69, 9.17) is 26.1 Å². The third-order valence-electron chi connectivity index (χ3n) is 11.0. The van der Waals surface area contributed by atoms with Crippen LogP contribution in [0.2, 0.25) is 5.02 Å². The average molecular weight is 798 g/mol. The third kappa shape index (κ3) is 5.63. The highest BCUT2D eigenvalue weighted by Gasteiger charge is 2.49. The number of nitrogens with zero attached hydrogens (tertiary/aromatic N) is 5. The van der Waals surface area contributed by atoms with Gasteiger partial charge in [0.1, 0.15) is 30.8 Å². The number of hydrogen-bond acceptors (Lipinski definition) is 7. The van der Waals surface area contributed by atoms with Crippen LogP contribution in [0.25, 0.3) is 5.82 Å². The molecule has 53 heavy (non-hydrogen) atoms. The van der Waals surface area contributed by atoms with Gasteiger partial charge in [0.05, 0.1) is 56.6 Å². The largest absolute Gasteiger partial charge is 0.462 e. The van der Waals surface area contributed by atoms with Gasteiger partial charge in [-0.2, -0.15) is 0 Å². The standard InChI is InChI=1S/C41H36BrClF2N6O2/c42-34-35(43)37-33-38(36(34)45)53-32(52-24-40-17-10-18-50(40)21-30(44)19-40)23-49(39(33)48-25-47-37)22-31-20-46-26-51(31)41(27-11-4-1-5-12-27,28-13-6-2-7-14-28)29-15-8-3-9-16-29/h1-9,11-16,20,23,26,30,48H,10,17-19,21-22,24-25H2/t30-,40+/m1/s1. The maximum Gasteiger partial charge on any atom is 0.302 e. The molecule has 2 fully saturated rings. The molecule has 2 saturated heterocycles. The summed E-state index contributed by atoms with van der Waals surface area (Å²) in [4.78, 5) is 13.5. The maximum absolute atomic E-state index is 16.2. The fraction of sp³-hybridized carbons (Fsp3) is 0.268. The average Bonchev–Trinajstić information content (AvgIpc) is 3.87. The number of imidazole rings is 1. The Balaban J connectivity index is 1.21. The Bertz CT molecular complexity index is 2230. The van der Waals surface area contributed by atoms with E-state index in [9.17, 15) is 4.39 Å². The lowest BCUT2D eigenvalue weighted by Crippen LogP contribution is -2.45. The number of fused-ring (bicyclic) bond motifs is 1. The molecule has 9 rings (SSSR count). The van der Waals surface area contributed by atoms with Gasteiger partial charge in [-0.1, -0.05) is 103 Å². The molecule has 4 aliphatic rings. The van der Waals surface area contributed by atoms with Gasteiger partial charge < -0.3 is 24.3 Å². The lowest BCUT2D eigenvalue weighted by molar-refractivity contribution is 0.0255. The summed E-state index contributed by atoms with van der Waals surface area (Å²) < 4.78 is 46.0. The first-order valence-corrected chi connectivity index (χ1v) is 18.9. The van der Waals surface area contributed by atoms with Gasteiger partial charge in [0.2, 0.25) is 0 Å². The zero-order valence-electron chi connectivity index (χ0n) is 28.7. The molecule has 1 N–H and O–H groups in total. The Labute approximate surface area is 319 Å². The van der Waals surface area contributed by atoms with E-state index in [1.54, 1.807) is 6.20 Å². The summed E-state index contributed by atoms with van der Waals surface area (Å²) in [6.07, 6.45) is 6.70. The molecule has 0 saturated carbocycles. The molecule has 2 atom stereocenters. The molecule has 0 bridgehead atoms. The highest BCUT2D eigenvalue weighted by Crippen LogP contribution is 2.43. The Hall–Kier alpha value is -4.71. The van der Waals surface area contributed by atoms with Crippen LogP contribution in [0.1, 0.15) is 41.6 Å². The topological polar surface area (TPSA) is 67.2 Å². The molecular formula is C41H36BrClF2N6O2. The van der Waals surface area contributed by atoms with Crippen LogP contribution in [0.15, 0.2) is 125 Å². The summed E-state index contributed by atoms with van der Waals surface area (Å²) >= 11 is 10.1. The summed E-state index contributed by atoms with van der Waals surface area (Å²) in [5.74, 6) is -0.0980. The molecule has 0 radical (unpaired) electrons. The van der Waals surface area contributed by atoms with Crippen molar-refractivity contribution in [3.8, 4) is 5.75 Å². The van der Waals surface area contributed by atoms with Crippen molar-refractivity contribution in [3.63, 3.8) is 0 Å². The van der Waals surface area contributed by atoms with Gasteiger partial charge in [0.15, 0.2) is 11.6 Å². The summed E-state index contributed by atoms with van der Waals surface area (Å²) in [6.45, 7) is 1.89. The Morgan fingerprint density at radius 3 is 2.32 bits per heavy atom. The fourth-order valence-electron chi connectivity index (χ4n) is 8.65. The molecule has 0 amide bonds. The molecule has 0 spiro atoms. The van der Waals surface area contributed by atoms with Crippen LogP contribution in [0.4, 0.5) is 8.78 Å². The van der Waals surface area contributed by atoms with E-state index in [0.717, 1.165) is 41.8 Å². The number of rotatable bonds is 9. The zero-order chi connectivity index (χ0) is 36.2. The molecule has 5 aromatic rings. The van der Waals surface area contributed by atoms with Crippen molar-refractivity contribution in [1.29, 1.82) is 0 Å². The van der Waals surface area contributed by atoms with Gasteiger partial charge in [-0.25, -0.2) is 13.8 Å². The minimum absolute atomic E-state index is 0.0544. The van der Waals surface area contributed by atoms with E-state index in [0.29, 0.717) is 29.4 Å². The summed E-state index contributed by atoms with van der Waals surface area (Å²) in [7, 11) is 0. The lowest BCUT2D eigenvalue weighted by Gasteiger charge is -2.39. The summed E-state index contributed by atoms with van der Waals surface area (Å²) in [5.41, 5.74) is 2.73. The van der Waals surface area contributed by atoms with Crippen LogP contribution >= 0.6 is 27.5 Å². The molecule has 5 heterocycles. The molecule has 12 heteroatoms. The lowest BCUT2D eigenvalue weighted by atomic mass is 9.76. The minimum Gasteiger partial charge on any atom is -0.462 e. The second kappa shape index (κ2) is 13.6. The van der Waals surface area contributed by atoms with E-state index >= 15 is 4.39 Å². The molecule has 4 aliphatic heterocycles. The van der Waals surface area contributed by atoms with Crippen molar-refractivity contribution in [3.05, 3.63) is 164 Å². The van der Waals surface area contributed by atoms with Crippen molar-refractivity contribution in [2.45, 2.75) is 43.1 Å². The van der Waals surface area contributed by atoms with E-state index in [-0.39, 0.29) is 41.0 Å². The van der Waals surface area contributed by atoms with E-state index in [1.165, 1.54) is 0 Å². The number of hydrogen-bond donors (Lipinski definition) is 1. The summed E-state index contributed by atoms with van der Waals surface area (Å²) in [6, 6.07) is 31.1. The van der Waals surface area contributed by atoms with Crippen molar-refractivity contribution < 1.29 is 18.3 Å². The first-order valence-electron chi connectivity index (χ1n) is 17.7. The van der Waals surface area contributed by atoms with Crippen LogP contribution in [-0.4, -0.2) is 57.4 Å². The first-order chi connectivity index (χ1) is 25.9. The van der Waals surface area contributed by atoms with Gasteiger partial charge in [0.25, 0.3) is 0 Å². The van der Waals surface area contributed by atoms with Crippen molar-refractivity contribution in [2.24, 2.45) is 4.99 Å². The van der Waals surface area contributed by atoms with Crippen LogP contribution in [0.3, 0.4) is 0 Å². The zero-order valence-corrected chi connectivity index (χ0v) is 31.0. The number of aromatic nitrogens is 2. The molecule has 0 unspecified atom stereocenters. The highest BCUT2D eigenvalue weighted by molar-refractivity contribution is 9.10. The number of alkyl halides is 1. The Kier molecular flexibility index (Phi) is 8.75. The van der Waals surface area contributed by atoms with Gasteiger partial charge in [-0.15, -0.1) is 0 Å². The number of halogens is 4. The molecule has 4 aromatic carbocycles. The van der Waals surface area contributed by atoms with E-state index in [2.05, 4.69) is 72.1 Å². The fourth-order valence-corrected chi connectivity index (χ4v) is 9.26. The molecule has 270 valence electrons. The van der Waals surface area contributed by atoms with Crippen molar-refractivity contribution in [2.75, 3.05) is 26.4 Å². The van der Waals surface area contributed by atoms with Gasteiger partial charge in [-0.3, -0.25) is 9.89 Å². The second-order valence-electron chi connectivity index (χ2n) is 13.9. The van der Waals surface area contributed by atoms with Crippen molar-refractivity contribution in [1.82, 2.24) is 24.7 Å². The highest BCUT2D eigenvalue weighted by atomic mass is 79.9. The van der Waals surface area contributed by atoms with Crippen LogP contribution < -0.4 is 20.6 Å². The monoisotopic (exact) mass is 796 g/mol. The smallest absolute Gasteiger partial charge is 0.302 e. The first kappa shape index (κ1) is 34.1. The molecule has 1 aromatic heterocycles. The SMILES string of the molecule is Fc1c(Br)c(Cl)c2c3c1OC(OC[C@@]14CCCN1C[C@H](F)C4)=CN(Cc1cncn1C(c1ccccc1)(c1ccccc1)c1ccccc1)C=3NCN=2. The predicted octanol–water partition coefficient (Wildman–Crippen LogP) is 6.81. The molecule has 0 aliphatic carbocycles. The normalized spacial score (nSPS) is 20.8. The number of benzene rings is 4. The van der Waals surface area contributed by atoms with E-state index in [1.807, 2.05) is 72.0 Å². The quantitative estimate of drug-likeness (QED) is 0.131. The van der Waals surface area contributed by atoms with Crippen LogP contribution in [0.5, 0.6) is 5.75 Å². The second-order valence-corrected chi connectivity index (χ2v) is 15.1. The predicted molar refractivity (Wildman–Crippen MR) is 201 cm³/mol. The van der Waals surface area contributed by atoms with E-state index < -0.39 is 23.1 Å². The molecule has 8 nitrogen and oxygen atoms in total. The summed E-state index contributed by atoms with van der Waals surface area (Å²) in [5, 5.41) is 4.31. The van der Waals surface area contributed by atoms with Crippen molar-refractivity contribution >= 4 is 33.4 Å². The minimum atomic E-state index is -0.919. The van der Waals surface area contributed by atoms with Crippen LogP contribution in [-0.2, 0) is 16.8 Å². The van der Waals surface area contributed by atoms with Gasteiger partial charge in [-0.05, 0) is 52.0 Å². The number of nitrogens with one attached hydrogen (secondary N) is 1. The number of ether oxygens (including phenoxy) is 2. The Morgan fingerprint density at radius 1 is 1.00 bits per heavy atom. The van der Waals surface area contributed by atoms with Crippen LogP contribution in [0, 0.1) is 5.82 Å². The third-order valence-corrected chi connectivity index (χ3v) is 12.3. The van der Waals surface area contributed by atoms with Gasteiger partial charge in [0, 0.05) is 13.0 Å². The Morgan fingerprint density at radius 2 is 1.66 bits per heavy atom. The van der Waals surface area contributed by atoms with Gasteiger partial charge >= 0.3 is 5.95 Å². The maximum atomic E-state index is 16.2.